The average Bonchev–Trinajstić information content (AvgIpc) is 3.26. The number of ether oxygens (including phenoxy) is 1. The van der Waals surface area contributed by atoms with Crippen molar-refractivity contribution in [3.8, 4) is 0 Å². The molecule has 0 spiro atoms. The molecule has 1 saturated heterocycles. The van der Waals surface area contributed by atoms with Gasteiger partial charge >= 0.3 is 5.69 Å². The Kier molecular flexibility index (Phi) is 6.10. The van der Waals surface area contributed by atoms with Crippen LogP contribution < -0.4 is 11.0 Å². The number of nitrogens with one attached hydrogen (secondary N) is 2. The predicted octanol–water partition coefficient (Wildman–Crippen LogP) is 1.69. The number of benzene rings is 1. The molecule has 1 aromatic carbocycles. The second kappa shape index (κ2) is 8.50. The molecule has 1 fully saturated rings. The lowest BCUT2D eigenvalue weighted by Gasteiger charge is -2.14. The summed E-state index contributed by atoms with van der Waals surface area (Å²) in [7, 11) is 0. The molecule has 0 saturated carbocycles. The van der Waals surface area contributed by atoms with Crippen molar-refractivity contribution in [3.63, 3.8) is 0 Å². The summed E-state index contributed by atoms with van der Waals surface area (Å²) in [5.74, 6) is -0.495. The van der Waals surface area contributed by atoms with Crippen molar-refractivity contribution in [3.05, 3.63) is 46.1 Å². The molecule has 140 valence electrons. The summed E-state index contributed by atoms with van der Waals surface area (Å²) in [6.07, 6.45) is 1.91. The van der Waals surface area contributed by atoms with Gasteiger partial charge in [-0.05, 0) is 37.5 Å². The first-order valence-corrected chi connectivity index (χ1v) is 9.36. The highest BCUT2D eigenvalue weighted by molar-refractivity contribution is 8.00. The summed E-state index contributed by atoms with van der Waals surface area (Å²) >= 11 is 1.21. The maximum absolute atomic E-state index is 12.9. The van der Waals surface area contributed by atoms with Gasteiger partial charge in [0.05, 0.1) is 17.9 Å². The van der Waals surface area contributed by atoms with Crippen LogP contribution in [0.25, 0.3) is 0 Å². The zero-order valence-electron chi connectivity index (χ0n) is 14.4. The standard InChI is InChI=1S/C17H21FN4O3S/c1-11(15(23)19-9-12-4-6-13(18)7-5-12)26-17-21-20-16(24)22(17)10-14-3-2-8-25-14/h4-7,11,14H,2-3,8-10H2,1H3,(H,19,23)(H,20,24)/t11-,14-/m0/s1. The molecule has 0 aliphatic carbocycles. The highest BCUT2D eigenvalue weighted by Gasteiger charge is 2.22. The molecule has 2 aromatic rings. The van der Waals surface area contributed by atoms with Gasteiger partial charge in [0.2, 0.25) is 5.91 Å². The predicted molar refractivity (Wildman–Crippen MR) is 95.4 cm³/mol. The van der Waals surface area contributed by atoms with Gasteiger partial charge in [-0.3, -0.25) is 9.36 Å². The molecule has 0 bridgehead atoms. The Hall–Kier alpha value is -2.13. The Balaban J connectivity index is 1.56. The number of rotatable bonds is 7. The molecule has 1 amide bonds. The van der Waals surface area contributed by atoms with Crippen LogP contribution in [0.1, 0.15) is 25.3 Å². The van der Waals surface area contributed by atoms with Crippen LogP contribution in [0.3, 0.4) is 0 Å². The summed E-state index contributed by atoms with van der Waals surface area (Å²) in [6, 6.07) is 5.96. The number of carbonyl (C=O) groups is 1. The Labute approximate surface area is 154 Å². The third-order valence-electron chi connectivity index (χ3n) is 4.16. The molecule has 1 aliphatic heterocycles. The van der Waals surface area contributed by atoms with E-state index in [0.29, 0.717) is 24.9 Å². The van der Waals surface area contributed by atoms with E-state index in [1.165, 1.54) is 28.5 Å². The van der Waals surface area contributed by atoms with Gasteiger partial charge in [-0.1, -0.05) is 23.9 Å². The van der Waals surface area contributed by atoms with E-state index in [9.17, 15) is 14.0 Å². The van der Waals surface area contributed by atoms with Crippen molar-refractivity contribution < 1.29 is 13.9 Å². The number of aromatic nitrogens is 3. The molecule has 7 nitrogen and oxygen atoms in total. The van der Waals surface area contributed by atoms with Gasteiger partial charge in [-0.2, -0.15) is 0 Å². The van der Waals surface area contributed by atoms with Crippen LogP contribution in [0.2, 0.25) is 0 Å². The van der Waals surface area contributed by atoms with E-state index in [4.69, 9.17) is 4.74 Å². The van der Waals surface area contributed by atoms with Crippen LogP contribution in [-0.4, -0.2) is 38.6 Å². The molecule has 2 atom stereocenters. The fourth-order valence-electron chi connectivity index (χ4n) is 2.69. The second-order valence-corrected chi connectivity index (χ2v) is 7.47. The van der Waals surface area contributed by atoms with Gasteiger partial charge in [0.25, 0.3) is 0 Å². The first kappa shape index (κ1) is 18.7. The highest BCUT2D eigenvalue weighted by Crippen LogP contribution is 2.22. The lowest BCUT2D eigenvalue weighted by Crippen LogP contribution is -2.31. The Bertz CT molecular complexity index is 799. The Morgan fingerprint density at radius 2 is 2.27 bits per heavy atom. The number of amides is 1. The van der Waals surface area contributed by atoms with Crippen LogP contribution in [-0.2, 0) is 22.6 Å². The monoisotopic (exact) mass is 380 g/mol. The molecule has 1 aliphatic rings. The fraction of sp³-hybridized carbons (Fsp3) is 0.471. The first-order chi connectivity index (χ1) is 12.5. The minimum atomic E-state index is -0.436. The van der Waals surface area contributed by atoms with Gasteiger partial charge in [-0.15, -0.1) is 5.10 Å². The minimum Gasteiger partial charge on any atom is -0.376 e. The van der Waals surface area contributed by atoms with Crippen molar-refractivity contribution in [2.75, 3.05) is 6.61 Å². The van der Waals surface area contributed by atoms with Crippen molar-refractivity contribution in [2.24, 2.45) is 0 Å². The second-order valence-electron chi connectivity index (χ2n) is 6.16. The summed E-state index contributed by atoms with van der Waals surface area (Å²) < 4.78 is 20.0. The highest BCUT2D eigenvalue weighted by atomic mass is 32.2. The Morgan fingerprint density at radius 1 is 1.50 bits per heavy atom. The number of hydrogen-bond acceptors (Lipinski definition) is 5. The Morgan fingerprint density at radius 3 is 2.96 bits per heavy atom. The van der Waals surface area contributed by atoms with Crippen LogP contribution in [0.15, 0.2) is 34.2 Å². The van der Waals surface area contributed by atoms with E-state index in [-0.39, 0.29) is 23.5 Å². The summed E-state index contributed by atoms with van der Waals surface area (Å²) in [5.41, 5.74) is 0.508. The quantitative estimate of drug-likeness (QED) is 0.714. The zero-order chi connectivity index (χ0) is 18.5. The van der Waals surface area contributed by atoms with Crippen molar-refractivity contribution in [1.29, 1.82) is 0 Å². The summed E-state index contributed by atoms with van der Waals surface area (Å²) in [5, 5.41) is 9.29. The van der Waals surface area contributed by atoms with E-state index in [0.717, 1.165) is 18.4 Å². The molecule has 2 heterocycles. The average molecular weight is 380 g/mol. The third kappa shape index (κ3) is 4.73. The topological polar surface area (TPSA) is 89.0 Å². The fourth-order valence-corrected chi connectivity index (χ4v) is 3.58. The molecule has 0 unspecified atom stereocenters. The van der Waals surface area contributed by atoms with Crippen LogP contribution >= 0.6 is 11.8 Å². The van der Waals surface area contributed by atoms with Crippen LogP contribution in [0.5, 0.6) is 0 Å². The number of H-pyrrole nitrogens is 1. The smallest absolute Gasteiger partial charge is 0.344 e. The number of thioether (sulfide) groups is 1. The molecule has 0 radical (unpaired) electrons. The van der Waals surface area contributed by atoms with Crippen LogP contribution in [0, 0.1) is 5.82 Å². The largest absolute Gasteiger partial charge is 0.376 e. The summed E-state index contributed by atoms with van der Waals surface area (Å²) in [6.45, 7) is 3.21. The van der Waals surface area contributed by atoms with E-state index in [1.54, 1.807) is 19.1 Å². The maximum Gasteiger partial charge on any atom is 0.344 e. The molecular formula is C17H21FN4O3S. The number of hydrogen-bond donors (Lipinski definition) is 2. The molecule has 2 N–H and O–H groups in total. The molecular weight excluding hydrogens is 359 g/mol. The maximum atomic E-state index is 12.9. The SMILES string of the molecule is C[C@H](Sc1n[nH]c(=O)n1C[C@@H]1CCCO1)C(=O)NCc1ccc(F)cc1. The number of nitrogens with zero attached hydrogens (tertiary/aromatic N) is 2. The third-order valence-corrected chi connectivity index (χ3v) is 5.25. The zero-order valence-corrected chi connectivity index (χ0v) is 15.2. The summed E-state index contributed by atoms with van der Waals surface area (Å²) in [4.78, 5) is 24.3. The van der Waals surface area contributed by atoms with E-state index < -0.39 is 5.25 Å². The van der Waals surface area contributed by atoms with E-state index in [2.05, 4.69) is 15.5 Å². The minimum absolute atomic E-state index is 0.00672. The van der Waals surface area contributed by atoms with Gasteiger partial charge in [-0.25, -0.2) is 14.3 Å². The van der Waals surface area contributed by atoms with Crippen molar-refractivity contribution >= 4 is 17.7 Å². The van der Waals surface area contributed by atoms with Gasteiger partial charge in [0, 0.05) is 13.2 Å². The van der Waals surface area contributed by atoms with Gasteiger partial charge < -0.3 is 10.1 Å². The normalized spacial score (nSPS) is 18.0. The van der Waals surface area contributed by atoms with Gasteiger partial charge in [0.1, 0.15) is 5.82 Å². The van der Waals surface area contributed by atoms with Gasteiger partial charge in [0.15, 0.2) is 5.16 Å². The van der Waals surface area contributed by atoms with Crippen LogP contribution in [0.4, 0.5) is 4.39 Å². The molecule has 26 heavy (non-hydrogen) atoms. The molecule has 3 rings (SSSR count). The molecule has 9 heteroatoms. The van der Waals surface area contributed by atoms with Crippen molar-refractivity contribution in [2.45, 2.75) is 49.4 Å². The lowest BCUT2D eigenvalue weighted by molar-refractivity contribution is -0.120. The lowest BCUT2D eigenvalue weighted by atomic mass is 10.2. The van der Waals surface area contributed by atoms with E-state index in [1.807, 2.05) is 0 Å². The first-order valence-electron chi connectivity index (χ1n) is 8.48. The molecule has 1 aromatic heterocycles. The van der Waals surface area contributed by atoms with Crippen molar-refractivity contribution in [1.82, 2.24) is 20.1 Å². The number of carbonyl (C=O) groups excluding carboxylic acids is 1. The number of halogens is 1. The van der Waals surface area contributed by atoms with E-state index >= 15 is 0 Å². The number of aromatic amines is 1.